The van der Waals surface area contributed by atoms with E-state index in [-0.39, 0.29) is 5.57 Å². The van der Waals surface area contributed by atoms with Gasteiger partial charge in [-0.15, -0.1) is 0 Å². The second-order valence-corrected chi connectivity index (χ2v) is 5.73. The minimum absolute atomic E-state index is 0.0273. The largest absolute Gasteiger partial charge is 0.493 e. The maximum atomic E-state index is 12.3. The van der Waals surface area contributed by atoms with Crippen LogP contribution in [0.25, 0.3) is 6.08 Å². The molecule has 0 heterocycles. The first-order valence-electron chi connectivity index (χ1n) is 7.80. The van der Waals surface area contributed by atoms with Gasteiger partial charge >= 0.3 is 0 Å². The number of ether oxygens (including phenoxy) is 1. The molecule has 0 aliphatic carbocycles. The topological polar surface area (TPSA) is 62.1 Å². The zero-order valence-corrected chi connectivity index (χ0v) is 13.8. The summed E-state index contributed by atoms with van der Waals surface area (Å²) in [5.74, 6) is 0.604. The van der Waals surface area contributed by atoms with E-state index in [0.29, 0.717) is 29.5 Å². The summed E-state index contributed by atoms with van der Waals surface area (Å²) in [6.07, 6.45) is 1.55. The van der Waals surface area contributed by atoms with Crippen molar-refractivity contribution in [3.8, 4) is 11.8 Å². The maximum absolute atomic E-state index is 12.3. The average molecular weight is 320 g/mol. The monoisotopic (exact) mass is 320 g/mol. The number of carbonyl (C=O) groups is 1. The summed E-state index contributed by atoms with van der Waals surface area (Å²) in [7, 11) is 0. The van der Waals surface area contributed by atoms with Crippen molar-refractivity contribution in [2.24, 2.45) is 5.92 Å². The lowest BCUT2D eigenvalue weighted by molar-refractivity contribution is -0.112. The van der Waals surface area contributed by atoms with Gasteiger partial charge in [-0.25, -0.2) is 0 Å². The smallest absolute Gasteiger partial charge is 0.266 e. The standard InChI is InChI=1S/C20H20N2O2/c1-15(2)14-24-19-11-7-6-8-16(19)12-17(13-21)20(23)22-18-9-4-3-5-10-18/h3-12,15H,14H2,1-2H3,(H,22,23)/b17-12+. The van der Waals surface area contributed by atoms with Crippen LogP contribution in [0.4, 0.5) is 5.69 Å². The second-order valence-electron chi connectivity index (χ2n) is 5.73. The summed E-state index contributed by atoms with van der Waals surface area (Å²) in [4.78, 5) is 12.3. The molecule has 0 unspecified atom stereocenters. The Morgan fingerprint density at radius 1 is 1.17 bits per heavy atom. The van der Waals surface area contributed by atoms with Gasteiger partial charge in [0.25, 0.3) is 5.91 Å². The van der Waals surface area contributed by atoms with E-state index in [2.05, 4.69) is 19.2 Å². The van der Waals surface area contributed by atoms with E-state index in [1.807, 2.05) is 48.5 Å². The van der Waals surface area contributed by atoms with Crippen molar-refractivity contribution >= 4 is 17.7 Å². The third-order valence-electron chi connectivity index (χ3n) is 3.19. The SMILES string of the molecule is CC(C)COc1ccccc1/C=C(\C#N)C(=O)Nc1ccccc1. The van der Waals surface area contributed by atoms with Crippen molar-refractivity contribution in [2.45, 2.75) is 13.8 Å². The number of rotatable bonds is 6. The van der Waals surface area contributed by atoms with E-state index < -0.39 is 5.91 Å². The summed E-state index contributed by atoms with van der Waals surface area (Å²) in [6.45, 7) is 4.70. The van der Waals surface area contributed by atoms with Crippen LogP contribution in [0.1, 0.15) is 19.4 Å². The summed E-state index contributed by atoms with van der Waals surface area (Å²) in [6, 6.07) is 18.4. The van der Waals surface area contributed by atoms with Gasteiger partial charge in [0, 0.05) is 11.3 Å². The third-order valence-corrected chi connectivity index (χ3v) is 3.19. The highest BCUT2D eigenvalue weighted by atomic mass is 16.5. The Hall–Kier alpha value is -3.06. The Labute approximate surface area is 142 Å². The van der Waals surface area contributed by atoms with Gasteiger partial charge in [-0.1, -0.05) is 50.2 Å². The van der Waals surface area contributed by atoms with Gasteiger partial charge in [-0.3, -0.25) is 4.79 Å². The number of benzene rings is 2. The molecule has 0 aliphatic rings. The molecule has 0 atom stereocenters. The lowest BCUT2D eigenvalue weighted by atomic mass is 10.1. The van der Waals surface area contributed by atoms with Crippen molar-refractivity contribution in [1.29, 1.82) is 5.26 Å². The molecule has 0 aromatic heterocycles. The molecule has 122 valence electrons. The van der Waals surface area contributed by atoms with Crippen LogP contribution in [0.2, 0.25) is 0 Å². The fraction of sp³-hybridized carbons (Fsp3) is 0.200. The van der Waals surface area contributed by atoms with Crippen LogP contribution >= 0.6 is 0 Å². The second kappa shape index (κ2) is 8.54. The Morgan fingerprint density at radius 3 is 2.50 bits per heavy atom. The van der Waals surface area contributed by atoms with Gasteiger partial charge in [0.15, 0.2) is 0 Å². The van der Waals surface area contributed by atoms with Crippen molar-refractivity contribution < 1.29 is 9.53 Å². The van der Waals surface area contributed by atoms with Crippen LogP contribution in [0.15, 0.2) is 60.2 Å². The number of hydrogen-bond acceptors (Lipinski definition) is 3. The molecule has 0 radical (unpaired) electrons. The third kappa shape index (κ3) is 4.99. The Bertz CT molecular complexity index is 759. The number of carbonyl (C=O) groups excluding carboxylic acids is 1. The number of amides is 1. The van der Waals surface area contributed by atoms with Crippen LogP contribution < -0.4 is 10.1 Å². The molecule has 4 nitrogen and oxygen atoms in total. The predicted octanol–water partition coefficient (Wildman–Crippen LogP) is 4.27. The highest BCUT2D eigenvalue weighted by Crippen LogP contribution is 2.22. The van der Waals surface area contributed by atoms with E-state index in [1.165, 1.54) is 0 Å². The van der Waals surface area contributed by atoms with Crippen LogP contribution in [0, 0.1) is 17.2 Å². The van der Waals surface area contributed by atoms with Crippen LogP contribution in [-0.4, -0.2) is 12.5 Å². The molecule has 0 saturated carbocycles. The highest BCUT2D eigenvalue weighted by Gasteiger charge is 2.11. The average Bonchev–Trinajstić information content (AvgIpc) is 2.59. The fourth-order valence-corrected chi connectivity index (χ4v) is 2.01. The number of nitriles is 1. The van der Waals surface area contributed by atoms with Gasteiger partial charge in [-0.2, -0.15) is 5.26 Å². The lowest BCUT2D eigenvalue weighted by Crippen LogP contribution is -2.13. The summed E-state index contributed by atoms with van der Waals surface area (Å²) < 4.78 is 5.76. The maximum Gasteiger partial charge on any atom is 0.266 e. The normalized spacial score (nSPS) is 11.0. The zero-order chi connectivity index (χ0) is 17.4. The molecule has 24 heavy (non-hydrogen) atoms. The van der Waals surface area contributed by atoms with Crippen LogP contribution in [-0.2, 0) is 4.79 Å². The number of nitrogens with zero attached hydrogens (tertiary/aromatic N) is 1. The first-order chi connectivity index (χ1) is 11.6. The first-order valence-corrected chi connectivity index (χ1v) is 7.80. The molecule has 1 amide bonds. The Morgan fingerprint density at radius 2 is 1.83 bits per heavy atom. The summed E-state index contributed by atoms with van der Waals surface area (Å²) >= 11 is 0. The number of hydrogen-bond donors (Lipinski definition) is 1. The molecule has 0 spiro atoms. The summed E-state index contributed by atoms with van der Waals surface area (Å²) in [5.41, 5.74) is 1.38. The molecule has 4 heteroatoms. The van der Waals surface area contributed by atoms with Crippen LogP contribution in [0.5, 0.6) is 5.75 Å². The minimum Gasteiger partial charge on any atom is -0.493 e. The van der Waals surface area contributed by atoms with Crippen molar-refractivity contribution in [1.82, 2.24) is 0 Å². The molecule has 0 fully saturated rings. The predicted molar refractivity (Wildman–Crippen MR) is 95.4 cm³/mol. The quantitative estimate of drug-likeness (QED) is 0.639. The molecule has 0 bridgehead atoms. The van der Waals surface area contributed by atoms with Gasteiger partial charge in [-0.05, 0) is 30.2 Å². The van der Waals surface area contributed by atoms with Crippen molar-refractivity contribution in [3.63, 3.8) is 0 Å². The number of para-hydroxylation sites is 2. The van der Waals surface area contributed by atoms with E-state index in [4.69, 9.17) is 4.74 Å². The fourth-order valence-electron chi connectivity index (χ4n) is 2.01. The van der Waals surface area contributed by atoms with Crippen LogP contribution in [0.3, 0.4) is 0 Å². The van der Waals surface area contributed by atoms with Gasteiger partial charge in [0.05, 0.1) is 6.61 Å². The van der Waals surface area contributed by atoms with E-state index in [1.54, 1.807) is 18.2 Å². The molecule has 2 aromatic rings. The molecule has 2 rings (SSSR count). The highest BCUT2D eigenvalue weighted by molar-refractivity contribution is 6.09. The Balaban J connectivity index is 2.21. The summed E-state index contributed by atoms with van der Waals surface area (Å²) in [5, 5.41) is 12.0. The Kier molecular flexibility index (Phi) is 6.16. The molecule has 0 saturated heterocycles. The van der Waals surface area contributed by atoms with Gasteiger partial charge in [0.1, 0.15) is 17.4 Å². The molecule has 1 N–H and O–H groups in total. The lowest BCUT2D eigenvalue weighted by Gasteiger charge is -2.11. The van der Waals surface area contributed by atoms with Crippen molar-refractivity contribution in [3.05, 3.63) is 65.7 Å². The minimum atomic E-state index is -0.442. The molecular formula is C20H20N2O2. The van der Waals surface area contributed by atoms with Gasteiger partial charge < -0.3 is 10.1 Å². The molecule has 0 aliphatic heterocycles. The molecular weight excluding hydrogens is 300 g/mol. The molecule has 2 aromatic carbocycles. The van der Waals surface area contributed by atoms with Crippen molar-refractivity contribution in [2.75, 3.05) is 11.9 Å². The zero-order valence-electron chi connectivity index (χ0n) is 13.8. The van der Waals surface area contributed by atoms with E-state index in [0.717, 1.165) is 0 Å². The number of anilines is 1. The van der Waals surface area contributed by atoms with E-state index in [9.17, 15) is 10.1 Å². The van der Waals surface area contributed by atoms with E-state index >= 15 is 0 Å². The number of nitrogens with one attached hydrogen (secondary N) is 1. The first kappa shape index (κ1) is 17.3. The van der Waals surface area contributed by atoms with Gasteiger partial charge in [0.2, 0.25) is 0 Å².